The summed E-state index contributed by atoms with van der Waals surface area (Å²) >= 11 is 0. The topological polar surface area (TPSA) is 108 Å². The number of benzene rings is 1. The van der Waals surface area contributed by atoms with E-state index in [1.54, 1.807) is 20.8 Å². The number of hydrogen-bond acceptors (Lipinski definition) is 7. The van der Waals surface area contributed by atoms with Gasteiger partial charge in [0.15, 0.2) is 5.78 Å². The van der Waals surface area contributed by atoms with Gasteiger partial charge in [-0.3, -0.25) is 9.59 Å². The molecule has 310 valence electrons. The Bertz CT molecular complexity index is 1730. The third-order valence-electron chi connectivity index (χ3n) is 16.2. The van der Waals surface area contributed by atoms with E-state index < -0.39 is 29.1 Å². The van der Waals surface area contributed by atoms with Crippen LogP contribution in [-0.2, 0) is 35.2 Å². The number of ketones is 1. The van der Waals surface area contributed by atoms with Crippen LogP contribution in [0.3, 0.4) is 0 Å². The smallest absolute Gasteiger partial charge is 0.408 e. The van der Waals surface area contributed by atoms with Crippen LogP contribution in [-0.4, -0.2) is 41.6 Å². The van der Waals surface area contributed by atoms with Gasteiger partial charge in [-0.1, -0.05) is 91.3 Å². The van der Waals surface area contributed by atoms with Crippen LogP contribution in [0.25, 0.3) is 0 Å². The molecule has 5 aliphatic rings. The Morgan fingerprint density at radius 1 is 0.875 bits per heavy atom. The molecule has 0 aliphatic heterocycles. The van der Waals surface area contributed by atoms with Crippen molar-refractivity contribution < 1.29 is 33.4 Å². The average molecular weight is 774 g/mol. The largest absolute Gasteiger partial charge is 0.460 e. The van der Waals surface area contributed by atoms with Crippen LogP contribution in [0.4, 0.5) is 4.79 Å². The molecule has 1 amide bonds. The maximum absolute atomic E-state index is 15.0. The Morgan fingerprint density at radius 2 is 1.54 bits per heavy atom. The van der Waals surface area contributed by atoms with Crippen LogP contribution in [0.1, 0.15) is 153 Å². The minimum Gasteiger partial charge on any atom is -0.460 e. The standard InChI is InChI=1S/C48H71NO7/c1-30(2)26-34(49-41(53)56-42(3,4)5)39(51)55-37-19-20-46(10)36(43(37,6)7)18-21-48(12)38(46)35(50)27-32-33-28-45(9,23-22-44(33,8)24-25-47(32,48)11)40(52)54-29-31-16-14-13-15-17-31/h13-17,27,30,33-34,36-38H,18-26,28-29H2,1-12H3,(H,49,53)/t33-,34-,36-,37-,38+,44+,45-,46-,47+,48+/m0/s1. The van der Waals surface area contributed by atoms with Gasteiger partial charge in [-0.15, -0.1) is 0 Å². The van der Waals surface area contributed by atoms with Gasteiger partial charge >= 0.3 is 18.0 Å². The van der Waals surface area contributed by atoms with Crippen LogP contribution in [0.5, 0.6) is 0 Å². The van der Waals surface area contributed by atoms with E-state index in [1.807, 2.05) is 44.2 Å². The van der Waals surface area contributed by atoms with Crippen LogP contribution < -0.4 is 5.32 Å². The van der Waals surface area contributed by atoms with E-state index in [-0.39, 0.29) is 75.2 Å². The third-order valence-corrected chi connectivity index (χ3v) is 16.2. The number of carbonyl (C=O) groups is 4. The fraction of sp³-hybridized carbons (Fsp3) is 0.750. The van der Waals surface area contributed by atoms with Crippen molar-refractivity contribution in [3.05, 3.63) is 47.5 Å². The molecule has 8 nitrogen and oxygen atoms in total. The number of ether oxygens (including phenoxy) is 3. The van der Waals surface area contributed by atoms with Crippen LogP contribution in [0, 0.1) is 56.2 Å². The number of carbonyl (C=O) groups excluding carboxylic acids is 4. The second-order valence-electron chi connectivity index (χ2n) is 21.9. The Hall–Kier alpha value is -3.16. The number of amides is 1. The number of hydrogen-bond donors (Lipinski definition) is 1. The minimum absolute atomic E-state index is 0.0326. The average Bonchev–Trinajstić information content (AvgIpc) is 3.09. The predicted octanol–water partition coefficient (Wildman–Crippen LogP) is 10.6. The van der Waals surface area contributed by atoms with E-state index in [0.717, 1.165) is 50.5 Å². The molecule has 0 saturated heterocycles. The highest BCUT2D eigenvalue weighted by Gasteiger charge is 2.70. The second-order valence-corrected chi connectivity index (χ2v) is 21.9. The number of fused-ring (bicyclic) bond motifs is 7. The molecule has 0 aromatic heterocycles. The molecule has 0 radical (unpaired) electrons. The number of alkyl carbamates (subject to hydrolysis) is 1. The third kappa shape index (κ3) is 7.38. The molecule has 6 rings (SSSR count). The summed E-state index contributed by atoms with van der Waals surface area (Å²) in [7, 11) is 0. The lowest BCUT2D eigenvalue weighted by molar-refractivity contribution is -0.212. The van der Waals surface area contributed by atoms with Gasteiger partial charge in [0.05, 0.1) is 5.41 Å². The molecule has 4 fully saturated rings. The summed E-state index contributed by atoms with van der Waals surface area (Å²) in [5.74, 6) is -0.0183. The summed E-state index contributed by atoms with van der Waals surface area (Å²) in [4.78, 5) is 55.4. The van der Waals surface area contributed by atoms with Crippen molar-refractivity contribution in [1.82, 2.24) is 5.32 Å². The summed E-state index contributed by atoms with van der Waals surface area (Å²) in [6, 6.07) is 9.06. The normalized spacial score (nSPS) is 38.1. The molecule has 8 heteroatoms. The zero-order chi connectivity index (χ0) is 41.3. The second kappa shape index (κ2) is 14.6. The molecule has 1 N–H and O–H groups in total. The highest BCUT2D eigenvalue weighted by molar-refractivity contribution is 5.95. The van der Waals surface area contributed by atoms with Crippen molar-refractivity contribution in [2.24, 2.45) is 56.2 Å². The molecule has 0 heterocycles. The molecule has 56 heavy (non-hydrogen) atoms. The van der Waals surface area contributed by atoms with Crippen molar-refractivity contribution in [2.75, 3.05) is 0 Å². The lowest BCUT2D eigenvalue weighted by Gasteiger charge is -2.70. The summed E-state index contributed by atoms with van der Waals surface area (Å²) in [5, 5.41) is 2.80. The predicted molar refractivity (Wildman–Crippen MR) is 218 cm³/mol. The summed E-state index contributed by atoms with van der Waals surface area (Å²) in [6.45, 7) is 25.8. The van der Waals surface area contributed by atoms with Crippen molar-refractivity contribution >= 4 is 23.8 Å². The first-order valence-electron chi connectivity index (χ1n) is 21.6. The zero-order valence-electron chi connectivity index (χ0n) is 36.6. The molecular formula is C48H71NO7. The highest BCUT2D eigenvalue weighted by Crippen LogP contribution is 2.75. The van der Waals surface area contributed by atoms with E-state index in [1.165, 1.54) is 5.57 Å². The van der Waals surface area contributed by atoms with E-state index >= 15 is 0 Å². The van der Waals surface area contributed by atoms with Gasteiger partial charge in [0.25, 0.3) is 0 Å². The molecule has 0 bridgehead atoms. The lowest BCUT2D eigenvalue weighted by Crippen LogP contribution is -2.67. The van der Waals surface area contributed by atoms with E-state index in [2.05, 4.69) is 59.9 Å². The Morgan fingerprint density at radius 3 is 2.18 bits per heavy atom. The van der Waals surface area contributed by atoms with Gasteiger partial charge in [0, 0.05) is 11.3 Å². The number of allylic oxidation sites excluding steroid dienone is 2. The summed E-state index contributed by atoms with van der Waals surface area (Å²) in [6.07, 6.45) is 9.38. The van der Waals surface area contributed by atoms with Gasteiger partial charge in [-0.25, -0.2) is 9.59 Å². The first-order chi connectivity index (χ1) is 25.9. The maximum Gasteiger partial charge on any atom is 0.408 e. The summed E-state index contributed by atoms with van der Waals surface area (Å²) < 4.78 is 17.9. The zero-order valence-corrected chi connectivity index (χ0v) is 36.6. The first-order valence-corrected chi connectivity index (χ1v) is 21.6. The van der Waals surface area contributed by atoms with Crippen molar-refractivity contribution in [3.63, 3.8) is 0 Å². The Kier molecular flexibility index (Phi) is 11.1. The number of nitrogens with one attached hydrogen (secondary N) is 1. The van der Waals surface area contributed by atoms with Gasteiger partial charge in [0.1, 0.15) is 24.4 Å². The van der Waals surface area contributed by atoms with Gasteiger partial charge in [-0.05, 0) is 143 Å². The summed E-state index contributed by atoms with van der Waals surface area (Å²) in [5.41, 5.74) is -0.103. The van der Waals surface area contributed by atoms with E-state index in [4.69, 9.17) is 14.2 Å². The molecule has 4 saturated carbocycles. The van der Waals surface area contributed by atoms with Crippen LogP contribution >= 0.6 is 0 Å². The molecule has 5 aliphatic carbocycles. The molecule has 1 aromatic carbocycles. The van der Waals surface area contributed by atoms with E-state index in [0.29, 0.717) is 19.3 Å². The number of esters is 2. The van der Waals surface area contributed by atoms with Gasteiger partial charge in [0.2, 0.25) is 0 Å². The van der Waals surface area contributed by atoms with Gasteiger partial charge in [-0.2, -0.15) is 0 Å². The van der Waals surface area contributed by atoms with Crippen LogP contribution in [0.2, 0.25) is 0 Å². The molecule has 0 spiro atoms. The molecule has 10 atom stereocenters. The molecule has 0 unspecified atom stereocenters. The van der Waals surface area contributed by atoms with E-state index in [9.17, 15) is 19.2 Å². The highest BCUT2D eigenvalue weighted by atomic mass is 16.6. The quantitative estimate of drug-likeness (QED) is 0.207. The van der Waals surface area contributed by atoms with Crippen molar-refractivity contribution in [3.8, 4) is 0 Å². The molecular weight excluding hydrogens is 703 g/mol. The fourth-order valence-corrected chi connectivity index (χ4v) is 12.8. The maximum atomic E-state index is 15.0. The SMILES string of the molecule is CC(C)C[C@H](NC(=O)OC(C)(C)C)C(=O)O[C@H]1CC[C@]2(C)[C@H]3C(=O)C=C4[C@@H]5C[C@@](C)(C(=O)OCc6ccccc6)CC[C@]5(C)CC[C@@]4(C)[C@]3(C)CC[C@H]2C1(C)C. The minimum atomic E-state index is -0.809. The molecule has 1 aromatic rings. The Labute approximate surface area is 337 Å². The van der Waals surface area contributed by atoms with Gasteiger partial charge < -0.3 is 19.5 Å². The Balaban J connectivity index is 1.24. The fourth-order valence-electron chi connectivity index (χ4n) is 12.8. The van der Waals surface area contributed by atoms with Crippen molar-refractivity contribution in [1.29, 1.82) is 0 Å². The van der Waals surface area contributed by atoms with Crippen LogP contribution in [0.15, 0.2) is 42.0 Å². The monoisotopic (exact) mass is 774 g/mol. The first kappa shape index (κ1) is 42.4. The lowest BCUT2D eigenvalue weighted by atomic mass is 9.33. The number of rotatable bonds is 8. The van der Waals surface area contributed by atoms with Crippen molar-refractivity contribution in [2.45, 2.75) is 172 Å².